The first-order chi connectivity index (χ1) is 26.3. The van der Waals surface area contributed by atoms with Gasteiger partial charge >= 0.3 is 11.9 Å². The maximum Gasteiger partial charge on any atom is 0.339 e. The van der Waals surface area contributed by atoms with E-state index in [-0.39, 0.29) is 42.1 Å². The second kappa shape index (κ2) is 17.9. The van der Waals surface area contributed by atoms with Crippen molar-refractivity contribution < 1.29 is 47.9 Å². The summed E-state index contributed by atoms with van der Waals surface area (Å²) in [6, 6.07) is 7.92. The normalized spacial score (nSPS) is 31.3. The molecule has 6 rings (SSSR count). The number of carbonyl (C=O) groups excluding carboxylic acids is 3. The molecule has 4 aliphatic heterocycles. The SMILES string of the molecule is Cc1cc(C)c2c(c1)/C=C/C[C@H]1OC(C)(C)O[C@H]1C(=O)/C=C\C[C@H](C)OC2=O.Cc1cc(C)c2c(c1)/C=C/C[C@H]1OC(C)(C)O[C@H]1C(O)/C=C\C[C@H](C)OC2=O. The van der Waals surface area contributed by atoms with Gasteiger partial charge in [0.05, 0.1) is 23.3 Å². The van der Waals surface area contributed by atoms with Crippen LogP contribution in [0.2, 0.25) is 0 Å². The van der Waals surface area contributed by atoms with Gasteiger partial charge in [0.15, 0.2) is 17.4 Å². The Morgan fingerprint density at radius 2 is 1.05 bits per heavy atom. The Hall–Kier alpha value is -4.19. The molecule has 302 valence electrons. The second-order valence-electron chi connectivity index (χ2n) is 16.2. The highest BCUT2D eigenvalue weighted by molar-refractivity contribution is 5.96. The summed E-state index contributed by atoms with van der Waals surface area (Å²) in [5, 5.41) is 10.6. The summed E-state index contributed by atoms with van der Waals surface area (Å²) in [5.41, 5.74) is 6.74. The minimum absolute atomic E-state index is 0.133. The fraction of sp³-hybridized carbons (Fsp3) is 0.500. The van der Waals surface area contributed by atoms with E-state index in [2.05, 4.69) is 0 Å². The van der Waals surface area contributed by atoms with Crippen molar-refractivity contribution in [3.8, 4) is 0 Å². The Balaban J connectivity index is 0.000000214. The van der Waals surface area contributed by atoms with Crippen LogP contribution in [0.1, 0.15) is 121 Å². The van der Waals surface area contributed by atoms with Gasteiger partial charge in [0.1, 0.15) is 30.5 Å². The molecule has 2 saturated heterocycles. The Labute approximate surface area is 331 Å². The molecule has 0 bridgehead atoms. The van der Waals surface area contributed by atoms with Crippen molar-refractivity contribution >= 4 is 29.9 Å². The number of hydrogen-bond acceptors (Lipinski definition) is 10. The predicted octanol–water partition coefficient (Wildman–Crippen LogP) is 8.39. The number of fused-ring (bicyclic) bond motifs is 4. The van der Waals surface area contributed by atoms with Crippen LogP contribution in [0, 0.1) is 27.7 Å². The van der Waals surface area contributed by atoms with Gasteiger partial charge in [-0.2, -0.15) is 0 Å². The van der Waals surface area contributed by atoms with Crippen molar-refractivity contribution in [1.82, 2.24) is 0 Å². The molecule has 10 heteroatoms. The quantitative estimate of drug-likeness (QED) is 0.206. The number of esters is 2. The molecule has 0 saturated carbocycles. The zero-order valence-corrected chi connectivity index (χ0v) is 34.4. The first-order valence-electron chi connectivity index (χ1n) is 19.6. The molecular weight excluding hydrogens is 712 g/mol. The third kappa shape index (κ3) is 11.0. The average molecular weight is 771 g/mol. The maximum absolute atomic E-state index is 12.8. The summed E-state index contributed by atoms with van der Waals surface area (Å²) in [6.45, 7) is 18.8. The lowest BCUT2D eigenvalue weighted by Gasteiger charge is -2.20. The number of aliphatic hydroxyl groups excluding tert-OH is 1. The van der Waals surface area contributed by atoms with Crippen LogP contribution in [0.5, 0.6) is 0 Å². The first kappa shape index (κ1) is 42.9. The Morgan fingerprint density at radius 1 is 0.589 bits per heavy atom. The fourth-order valence-electron chi connectivity index (χ4n) is 7.63. The molecule has 2 aromatic rings. The smallest absolute Gasteiger partial charge is 0.339 e. The van der Waals surface area contributed by atoms with Gasteiger partial charge in [-0.3, -0.25) is 4.79 Å². The van der Waals surface area contributed by atoms with E-state index in [1.165, 1.54) is 6.08 Å². The van der Waals surface area contributed by atoms with Crippen LogP contribution in [0.4, 0.5) is 0 Å². The molecule has 4 aliphatic rings. The van der Waals surface area contributed by atoms with Crippen molar-refractivity contribution in [3.05, 3.63) is 105 Å². The summed E-state index contributed by atoms with van der Waals surface area (Å²) in [4.78, 5) is 38.1. The molecule has 10 nitrogen and oxygen atoms in total. The number of aliphatic hydroxyl groups is 1. The number of benzene rings is 2. The molecule has 1 unspecified atom stereocenters. The van der Waals surface area contributed by atoms with Crippen molar-refractivity contribution in [2.75, 3.05) is 0 Å². The minimum atomic E-state index is -0.807. The average Bonchev–Trinajstić information content (AvgIpc) is 3.56. The van der Waals surface area contributed by atoms with Gasteiger partial charge in [-0.05, 0) is 110 Å². The molecule has 2 aromatic carbocycles. The van der Waals surface area contributed by atoms with E-state index in [9.17, 15) is 19.5 Å². The highest BCUT2D eigenvalue weighted by Crippen LogP contribution is 2.34. The van der Waals surface area contributed by atoms with E-state index >= 15 is 0 Å². The van der Waals surface area contributed by atoms with Crippen LogP contribution in [-0.2, 0) is 33.2 Å². The van der Waals surface area contributed by atoms with Gasteiger partial charge in [0.25, 0.3) is 0 Å². The van der Waals surface area contributed by atoms with E-state index in [4.69, 9.17) is 28.4 Å². The van der Waals surface area contributed by atoms with Gasteiger partial charge in [-0.15, -0.1) is 0 Å². The minimum Gasteiger partial charge on any atom is -0.459 e. The molecular formula is C46H58O10. The highest BCUT2D eigenvalue weighted by atomic mass is 16.8. The molecule has 0 aliphatic carbocycles. The predicted molar refractivity (Wildman–Crippen MR) is 215 cm³/mol. The third-order valence-electron chi connectivity index (χ3n) is 9.95. The second-order valence-corrected chi connectivity index (χ2v) is 16.2. The lowest BCUT2D eigenvalue weighted by Crippen LogP contribution is -2.34. The number of rotatable bonds is 0. The first-order valence-corrected chi connectivity index (χ1v) is 19.6. The van der Waals surface area contributed by atoms with Gasteiger partial charge in [0, 0.05) is 12.8 Å². The monoisotopic (exact) mass is 770 g/mol. The zero-order valence-electron chi connectivity index (χ0n) is 34.4. The number of aryl methyl sites for hydroxylation is 4. The lowest BCUT2D eigenvalue weighted by molar-refractivity contribution is -0.152. The van der Waals surface area contributed by atoms with E-state index < -0.39 is 29.9 Å². The van der Waals surface area contributed by atoms with Crippen LogP contribution < -0.4 is 0 Å². The van der Waals surface area contributed by atoms with Crippen molar-refractivity contribution in [3.63, 3.8) is 0 Å². The van der Waals surface area contributed by atoms with Gasteiger partial charge < -0.3 is 33.5 Å². The Kier molecular flexibility index (Phi) is 13.8. The van der Waals surface area contributed by atoms with Crippen LogP contribution >= 0.6 is 0 Å². The van der Waals surface area contributed by atoms with Crippen molar-refractivity contribution in [2.24, 2.45) is 0 Å². The van der Waals surface area contributed by atoms with E-state index in [1.54, 1.807) is 12.2 Å². The highest BCUT2D eigenvalue weighted by Gasteiger charge is 2.44. The maximum atomic E-state index is 12.8. The van der Waals surface area contributed by atoms with E-state index in [0.29, 0.717) is 36.8 Å². The fourth-order valence-corrected chi connectivity index (χ4v) is 7.63. The van der Waals surface area contributed by atoms with E-state index in [0.717, 1.165) is 33.4 Å². The lowest BCUT2D eigenvalue weighted by atomic mass is 9.97. The van der Waals surface area contributed by atoms with E-state index in [1.807, 2.05) is 124 Å². The summed E-state index contributed by atoms with van der Waals surface area (Å²) in [5.74, 6) is -2.36. The number of ketones is 1. The third-order valence-corrected chi connectivity index (χ3v) is 9.95. The number of ether oxygens (including phenoxy) is 6. The molecule has 1 N–H and O–H groups in total. The summed E-state index contributed by atoms with van der Waals surface area (Å²) < 4.78 is 35.0. The van der Waals surface area contributed by atoms with Crippen LogP contribution in [0.25, 0.3) is 12.2 Å². The molecule has 0 radical (unpaired) electrons. The summed E-state index contributed by atoms with van der Waals surface area (Å²) in [7, 11) is 0. The molecule has 0 spiro atoms. The zero-order chi connectivity index (χ0) is 40.9. The standard InChI is InChI=1S/C23H30O5.C23H28O5/c2*1-14-12-15(2)20-17(13-14)9-7-11-19-21(28-23(4,5)27-19)18(24)10-6-8-16(3)26-22(20)25/h6-7,9-10,12-13,16,18-19,21,24H,8,11H2,1-5H3;6-7,9-10,12-13,16,19,21H,8,11H2,1-5H3/b2*9-7+,10-6-/t16-,18?,19+,21-;16-,19+,21-/m00/s1. The van der Waals surface area contributed by atoms with Crippen molar-refractivity contribution in [2.45, 2.75) is 149 Å². The summed E-state index contributed by atoms with van der Waals surface area (Å²) in [6.07, 6.45) is 13.4. The Bertz CT molecular complexity index is 1900. The number of hydrogen-bond donors (Lipinski definition) is 1. The summed E-state index contributed by atoms with van der Waals surface area (Å²) >= 11 is 0. The number of carbonyl (C=O) groups is 3. The van der Waals surface area contributed by atoms with Crippen LogP contribution in [0.15, 0.2) is 60.7 Å². The van der Waals surface area contributed by atoms with Gasteiger partial charge in [-0.25, -0.2) is 9.59 Å². The molecule has 56 heavy (non-hydrogen) atoms. The Morgan fingerprint density at radius 3 is 1.61 bits per heavy atom. The molecule has 4 heterocycles. The van der Waals surface area contributed by atoms with Crippen molar-refractivity contribution in [1.29, 1.82) is 0 Å². The van der Waals surface area contributed by atoms with Crippen LogP contribution in [0.3, 0.4) is 0 Å². The topological polar surface area (TPSA) is 127 Å². The molecule has 0 amide bonds. The molecule has 2 fully saturated rings. The van der Waals surface area contributed by atoms with Gasteiger partial charge in [-0.1, -0.05) is 77.9 Å². The van der Waals surface area contributed by atoms with Crippen LogP contribution in [-0.4, -0.2) is 77.1 Å². The van der Waals surface area contributed by atoms with Gasteiger partial charge in [0.2, 0.25) is 0 Å². The largest absolute Gasteiger partial charge is 0.459 e. The molecule has 7 atom stereocenters. The number of cyclic esters (lactones) is 2. The molecule has 0 aromatic heterocycles.